The highest BCUT2D eigenvalue weighted by molar-refractivity contribution is 5.03. The van der Waals surface area contributed by atoms with Gasteiger partial charge in [-0.05, 0) is 36.8 Å². The van der Waals surface area contributed by atoms with Crippen molar-refractivity contribution >= 4 is 0 Å². The third-order valence-corrected chi connectivity index (χ3v) is 2.96. The van der Waals surface area contributed by atoms with Crippen LogP contribution in [0.1, 0.15) is 39.3 Å². The topological polar surface area (TPSA) is 12.9 Å². The molecule has 0 aromatic carbocycles. The van der Waals surface area contributed by atoms with Gasteiger partial charge in [0.15, 0.2) is 0 Å². The molecule has 1 heterocycles. The molecular formula is C13H21N. The Morgan fingerprint density at radius 2 is 2.07 bits per heavy atom. The largest absolute Gasteiger partial charge is 0.261 e. The zero-order valence-electron chi connectivity index (χ0n) is 9.53. The Hall–Kier alpha value is -0.850. The first-order chi connectivity index (χ1) is 6.74. The van der Waals surface area contributed by atoms with E-state index >= 15 is 0 Å². The highest BCUT2D eigenvalue weighted by Gasteiger charge is 2.10. The monoisotopic (exact) mass is 191 g/mol. The van der Waals surface area contributed by atoms with Crippen LogP contribution < -0.4 is 0 Å². The van der Waals surface area contributed by atoms with Crippen molar-refractivity contribution in [3.63, 3.8) is 0 Å². The smallest absolute Gasteiger partial charge is 0.0403 e. The lowest BCUT2D eigenvalue weighted by Gasteiger charge is -2.18. The summed E-state index contributed by atoms with van der Waals surface area (Å²) >= 11 is 0. The van der Waals surface area contributed by atoms with Gasteiger partial charge in [-0.1, -0.05) is 33.3 Å². The predicted octanol–water partition coefficient (Wildman–Crippen LogP) is 3.70. The van der Waals surface area contributed by atoms with Gasteiger partial charge < -0.3 is 0 Å². The van der Waals surface area contributed by atoms with Crippen molar-refractivity contribution in [2.24, 2.45) is 11.8 Å². The lowest BCUT2D eigenvalue weighted by Crippen LogP contribution is -2.08. The molecule has 1 unspecified atom stereocenters. The van der Waals surface area contributed by atoms with E-state index in [1.807, 2.05) is 12.3 Å². The summed E-state index contributed by atoms with van der Waals surface area (Å²) in [7, 11) is 0. The Kier molecular flexibility index (Phi) is 4.64. The first kappa shape index (κ1) is 11.2. The van der Waals surface area contributed by atoms with E-state index in [0.29, 0.717) is 0 Å². The summed E-state index contributed by atoms with van der Waals surface area (Å²) in [4.78, 5) is 4.34. The number of rotatable bonds is 5. The van der Waals surface area contributed by atoms with E-state index in [0.717, 1.165) is 18.3 Å². The van der Waals surface area contributed by atoms with Gasteiger partial charge in [0.2, 0.25) is 0 Å². The van der Waals surface area contributed by atoms with Crippen LogP contribution in [0.15, 0.2) is 24.4 Å². The molecule has 1 rings (SSSR count). The molecule has 1 heteroatoms. The lowest BCUT2D eigenvalue weighted by molar-refractivity contribution is 0.348. The molecule has 0 radical (unpaired) electrons. The molecule has 1 aromatic heterocycles. The Balaban J connectivity index is 2.40. The summed E-state index contributed by atoms with van der Waals surface area (Å²) in [6, 6.07) is 6.16. The molecule has 1 atom stereocenters. The van der Waals surface area contributed by atoms with Gasteiger partial charge in [0.05, 0.1) is 0 Å². The highest BCUT2D eigenvalue weighted by atomic mass is 14.7. The summed E-state index contributed by atoms with van der Waals surface area (Å²) in [5.74, 6) is 1.64. The van der Waals surface area contributed by atoms with Crippen molar-refractivity contribution < 1.29 is 0 Å². The molecule has 0 fully saturated rings. The van der Waals surface area contributed by atoms with E-state index < -0.39 is 0 Å². The Bertz CT molecular complexity index is 241. The molecule has 0 aliphatic carbocycles. The van der Waals surface area contributed by atoms with E-state index in [1.54, 1.807) is 0 Å². The third-order valence-electron chi connectivity index (χ3n) is 2.96. The zero-order chi connectivity index (χ0) is 10.4. The molecule has 0 aliphatic heterocycles. The highest BCUT2D eigenvalue weighted by Crippen LogP contribution is 2.20. The first-order valence-corrected chi connectivity index (χ1v) is 5.64. The van der Waals surface area contributed by atoms with E-state index in [1.165, 1.54) is 18.5 Å². The SMILES string of the molecule is CCC(CCc1ccccn1)C(C)C. The van der Waals surface area contributed by atoms with E-state index in [2.05, 4.69) is 37.9 Å². The van der Waals surface area contributed by atoms with Crippen molar-refractivity contribution in [1.82, 2.24) is 4.98 Å². The number of nitrogens with zero attached hydrogens (tertiary/aromatic N) is 1. The number of aromatic nitrogens is 1. The Morgan fingerprint density at radius 1 is 1.29 bits per heavy atom. The third kappa shape index (κ3) is 3.49. The minimum absolute atomic E-state index is 0.795. The molecule has 0 amide bonds. The maximum atomic E-state index is 4.34. The van der Waals surface area contributed by atoms with Crippen LogP contribution >= 0.6 is 0 Å². The molecular weight excluding hydrogens is 170 g/mol. The summed E-state index contributed by atoms with van der Waals surface area (Å²) in [5, 5.41) is 0. The zero-order valence-corrected chi connectivity index (χ0v) is 9.53. The van der Waals surface area contributed by atoms with Crippen LogP contribution in [0, 0.1) is 11.8 Å². The summed E-state index contributed by atoms with van der Waals surface area (Å²) < 4.78 is 0. The Labute approximate surface area is 87.6 Å². The second-order valence-electron chi connectivity index (χ2n) is 4.27. The molecule has 0 N–H and O–H groups in total. The number of aryl methyl sites for hydroxylation is 1. The number of hydrogen-bond acceptors (Lipinski definition) is 1. The van der Waals surface area contributed by atoms with Gasteiger partial charge in [0.25, 0.3) is 0 Å². The maximum absolute atomic E-state index is 4.34. The molecule has 0 saturated heterocycles. The van der Waals surface area contributed by atoms with Crippen LogP contribution in [0.4, 0.5) is 0 Å². The van der Waals surface area contributed by atoms with Gasteiger partial charge in [-0.2, -0.15) is 0 Å². The maximum Gasteiger partial charge on any atom is 0.0403 e. The average molecular weight is 191 g/mol. The normalized spacial score (nSPS) is 13.1. The predicted molar refractivity (Wildman–Crippen MR) is 61.2 cm³/mol. The van der Waals surface area contributed by atoms with Crippen molar-refractivity contribution in [3.05, 3.63) is 30.1 Å². The molecule has 0 bridgehead atoms. The minimum atomic E-state index is 0.795. The van der Waals surface area contributed by atoms with Crippen LogP contribution in [0.3, 0.4) is 0 Å². The van der Waals surface area contributed by atoms with E-state index in [4.69, 9.17) is 0 Å². The van der Waals surface area contributed by atoms with Gasteiger partial charge in [-0.3, -0.25) is 4.98 Å². The molecule has 0 aliphatic rings. The first-order valence-electron chi connectivity index (χ1n) is 5.64. The van der Waals surface area contributed by atoms with Crippen LogP contribution in [0.25, 0.3) is 0 Å². The van der Waals surface area contributed by atoms with Crippen LogP contribution in [-0.4, -0.2) is 4.98 Å². The number of hydrogen-bond donors (Lipinski definition) is 0. The van der Waals surface area contributed by atoms with Crippen molar-refractivity contribution in [2.45, 2.75) is 40.0 Å². The molecule has 1 nitrogen and oxygen atoms in total. The fourth-order valence-corrected chi connectivity index (χ4v) is 1.89. The molecule has 78 valence electrons. The standard InChI is InChI=1S/C13H21N/c1-4-12(11(2)3)8-9-13-7-5-6-10-14-13/h5-7,10-12H,4,8-9H2,1-3H3. The molecule has 1 aromatic rings. The summed E-state index contributed by atoms with van der Waals surface area (Å²) in [5.41, 5.74) is 1.23. The second-order valence-corrected chi connectivity index (χ2v) is 4.27. The van der Waals surface area contributed by atoms with Gasteiger partial charge in [-0.25, -0.2) is 0 Å². The second kappa shape index (κ2) is 5.79. The van der Waals surface area contributed by atoms with Crippen LogP contribution in [-0.2, 0) is 6.42 Å². The van der Waals surface area contributed by atoms with Gasteiger partial charge >= 0.3 is 0 Å². The van der Waals surface area contributed by atoms with Crippen LogP contribution in [0.5, 0.6) is 0 Å². The summed E-state index contributed by atoms with van der Waals surface area (Å²) in [6.07, 6.45) is 5.55. The summed E-state index contributed by atoms with van der Waals surface area (Å²) in [6.45, 7) is 6.91. The van der Waals surface area contributed by atoms with Gasteiger partial charge in [-0.15, -0.1) is 0 Å². The minimum Gasteiger partial charge on any atom is -0.261 e. The lowest BCUT2D eigenvalue weighted by atomic mass is 9.88. The average Bonchev–Trinajstić information content (AvgIpc) is 2.20. The quantitative estimate of drug-likeness (QED) is 0.691. The fraction of sp³-hybridized carbons (Fsp3) is 0.615. The van der Waals surface area contributed by atoms with Crippen LogP contribution in [0.2, 0.25) is 0 Å². The van der Waals surface area contributed by atoms with Crippen molar-refractivity contribution in [3.8, 4) is 0 Å². The van der Waals surface area contributed by atoms with Crippen molar-refractivity contribution in [1.29, 1.82) is 0 Å². The Morgan fingerprint density at radius 3 is 2.57 bits per heavy atom. The molecule has 0 saturated carbocycles. The van der Waals surface area contributed by atoms with Gasteiger partial charge in [0.1, 0.15) is 0 Å². The van der Waals surface area contributed by atoms with E-state index in [-0.39, 0.29) is 0 Å². The fourth-order valence-electron chi connectivity index (χ4n) is 1.89. The van der Waals surface area contributed by atoms with E-state index in [9.17, 15) is 0 Å². The molecule has 0 spiro atoms. The van der Waals surface area contributed by atoms with Gasteiger partial charge in [0, 0.05) is 11.9 Å². The van der Waals surface area contributed by atoms with Crippen molar-refractivity contribution in [2.75, 3.05) is 0 Å². The molecule has 14 heavy (non-hydrogen) atoms. The number of pyridine rings is 1.